The Bertz CT molecular complexity index is 398. The second kappa shape index (κ2) is 6.87. The number of morpholine rings is 1. The Morgan fingerprint density at radius 3 is 2.32 bits per heavy atom. The Hall–Kier alpha value is -1.13. The lowest BCUT2D eigenvalue weighted by Crippen LogP contribution is -2.51. The van der Waals surface area contributed by atoms with Crippen molar-refractivity contribution in [3.63, 3.8) is 0 Å². The van der Waals surface area contributed by atoms with E-state index in [1.807, 2.05) is 30.3 Å². The van der Waals surface area contributed by atoms with E-state index in [1.165, 1.54) is 0 Å². The van der Waals surface area contributed by atoms with Gasteiger partial charge in [0.05, 0.1) is 12.2 Å². The van der Waals surface area contributed by atoms with Crippen LogP contribution in [0.4, 0.5) is 5.69 Å². The van der Waals surface area contributed by atoms with Crippen molar-refractivity contribution < 1.29 is 4.74 Å². The highest BCUT2D eigenvalue weighted by Gasteiger charge is 2.27. The van der Waals surface area contributed by atoms with Crippen LogP contribution in [0.25, 0.3) is 0 Å². The van der Waals surface area contributed by atoms with Crippen molar-refractivity contribution in [2.75, 3.05) is 18.4 Å². The van der Waals surface area contributed by atoms with Gasteiger partial charge >= 0.3 is 0 Å². The molecule has 3 nitrogen and oxygen atoms in total. The summed E-state index contributed by atoms with van der Waals surface area (Å²) in [5.74, 6) is 0. The van der Waals surface area contributed by atoms with Crippen LogP contribution in [-0.4, -0.2) is 35.3 Å². The molecule has 1 aliphatic heterocycles. The standard InChI is InChI=1S/C15H22N2OS/c1-3-13-10-17(11-14(4-2)18-13)15(19)16-12-8-6-5-7-9-12/h5-9,13-14H,3-4,10-11H2,1-2H3,(H,16,19)/t13-,14+. The molecule has 2 atom stereocenters. The van der Waals surface area contributed by atoms with Crippen molar-refractivity contribution in [3.05, 3.63) is 30.3 Å². The zero-order valence-corrected chi connectivity index (χ0v) is 12.5. The number of anilines is 1. The molecule has 1 saturated heterocycles. The molecule has 0 amide bonds. The maximum atomic E-state index is 5.99. The molecule has 0 saturated carbocycles. The zero-order valence-electron chi connectivity index (χ0n) is 11.6. The maximum Gasteiger partial charge on any atom is 0.173 e. The summed E-state index contributed by atoms with van der Waals surface area (Å²) in [6.45, 7) is 6.08. The van der Waals surface area contributed by atoms with Crippen molar-refractivity contribution in [2.45, 2.75) is 38.9 Å². The number of ether oxygens (including phenoxy) is 1. The van der Waals surface area contributed by atoms with Gasteiger partial charge in [-0.3, -0.25) is 0 Å². The molecule has 0 unspecified atom stereocenters. The largest absolute Gasteiger partial charge is 0.371 e. The van der Waals surface area contributed by atoms with E-state index in [1.54, 1.807) is 0 Å². The first-order valence-corrected chi connectivity index (χ1v) is 7.40. The number of hydrogen-bond donors (Lipinski definition) is 1. The number of nitrogens with zero attached hydrogens (tertiary/aromatic N) is 1. The molecule has 0 aromatic heterocycles. The van der Waals surface area contributed by atoms with Gasteiger partial charge in [0.1, 0.15) is 0 Å². The molecule has 0 aliphatic carbocycles. The smallest absolute Gasteiger partial charge is 0.173 e. The van der Waals surface area contributed by atoms with Crippen LogP contribution in [0.2, 0.25) is 0 Å². The molecule has 1 heterocycles. The maximum absolute atomic E-state index is 5.99. The number of hydrogen-bond acceptors (Lipinski definition) is 2. The number of nitrogens with one attached hydrogen (secondary N) is 1. The Kier molecular flexibility index (Phi) is 5.16. The summed E-state index contributed by atoms with van der Waals surface area (Å²) in [5, 5.41) is 4.10. The van der Waals surface area contributed by atoms with E-state index in [0.717, 1.165) is 36.7 Å². The molecular formula is C15H22N2OS. The summed E-state index contributed by atoms with van der Waals surface area (Å²) in [6.07, 6.45) is 2.63. The average molecular weight is 278 g/mol. The molecule has 0 spiro atoms. The van der Waals surface area contributed by atoms with Crippen molar-refractivity contribution in [2.24, 2.45) is 0 Å². The van der Waals surface area contributed by atoms with Crippen molar-refractivity contribution in [1.82, 2.24) is 4.90 Å². The molecule has 4 heteroatoms. The number of para-hydroxylation sites is 1. The number of benzene rings is 1. The molecule has 1 aromatic rings. The van der Waals surface area contributed by atoms with Gasteiger partial charge < -0.3 is 15.0 Å². The third-order valence-corrected chi connectivity index (χ3v) is 3.82. The van der Waals surface area contributed by atoms with Gasteiger partial charge in [0.2, 0.25) is 0 Å². The number of rotatable bonds is 3. The summed E-state index contributed by atoms with van der Waals surface area (Å²) in [6, 6.07) is 10.1. The van der Waals surface area contributed by atoms with E-state index < -0.39 is 0 Å². The summed E-state index contributed by atoms with van der Waals surface area (Å²) >= 11 is 5.52. The minimum absolute atomic E-state index is 0.286. The quantitative estimate of drug-likeness (QED) is 0.858. The minimum atomic E-state index is 0.286. The fourth-order valence-electron chi connectivity index (χ4n) is 2.26. The summed E-state index contributed by atoms with van der Waals surface area (Å²) in [4.78, 5) is 2.23. The molecule has 19 heavy (non-hydrogen) atoms. The lowest BCUT2D eigenvalue weighted by molar-refractivity contribution is -0.0681. The minimum Gasteiger partial charge on any atom is -0.371 e. The normalized spacial score (nSPS) is 23.2. The van der Waals surface area contributed by atoms with E-state index in [-0.39, 0.29) is 12.2 Å². The Balaban J connectivity index is 1.97. The van der Waals surface area contributed by atoms with E-state index in [0.29, 0.717) is 0 Å². The average Bonchev–Trinajstić information content (AvgIpc) is 2.47. The molecular weight excluding hydrogens is 256 g/mol. The Labute approximate surface area is 120 Å². The highest BCUT2D eigenvalue weighted by molar-refractivity contribution is 7.80. The van der Waals surface area contributed by atoms with Crippen LogP contribution in [0.3, 0.4) is 0 Å². The molecule has 1 aliphatic rings. The van der Waals surface area contributed by atoms with Crippen LogP contribution in [0.15, 0.2) is 30.3 Å². The lowest BCUT2D eigenvalue weighted by Gasteiger charge is -2.39. The van der Waals surface area contributed by atoms with Crippen molar-refractivity contribution in [1.29, 1.82) is 0 Å². The third-order valence-electron chi connectivity index (χ3n) is 3.46. The van der Waals surface area contributed by atoms with Gasteiger partial charge in [-0.1, -0.05) is 32.0 Å². The van der Waals surface area contributed by atoms with Crippen LogP contribution in [0, 0.1) is 0 Å². The molecule has 0 bridgehead atoms. The van der Waals surface area contributed by atoms with Gasteiger partial charge in [-0.15, -0.1) is 0 Å². The third kappa shape index (κ3) is 3.91. The summed E-state index contributed by atoms with van der Waals surface area (Å²) in [7, 11) is 0. The SMILES string of the molecule is CC[C@@H]1CN(C(=S)Nc2ccccc2)C[C@H](CC)O1. The van der Waals surface area contributed by atoms with Gasteiger partial charge in [-0.05, 0) is 37.2 Å². The highest BCUT2D eigenvalue weighted by atomic mass is 32.1. The van der Waals surface area contributed by atoms with E-state index in [9.17, 15) is 0 Å². The Morgan fingerprint density at radius 2 is 1.79 bits per heavy atom. The van der Waals surface area contributed by atoms with Gasteiger partial charge in [-0.2, -0.15) is 0 Å². The first kappa shape index (κ1) is 14.3. The number of thiocarbonyl (C=S) groups is 1. The summed E-state index contributed by atoms with van der Waals surface area (Å²) in [5.41, 5.74) is 1.04. The molecule has 2 rings (SSSR count). The topological polar surface area (TPSA) is 24.5 Å². The molecule has 104 valence electrons. The predicted molar refractivity (Wildman–Crippen MR) is 83.5 cm³/mol. The second-order valence-electron chi connectivity index (χ2n) is 4.90. The van der Waals surface area contributed by atoms with E-state index >= 15 is 0 Å². The van der Waals surface area contributed by atoms with Gasteiger partial charge in [0.15, 0.2) is 5.11 Å². The molecule has 1 aromatic carbocycles. The second-order valence-corrected chi connectivity index (χ2v) is 5.28. The van der Waals surface area contributed by atoms with Crippen LogP contribution >= 0.6 is 12.2 Å². The molecule has 0 radical (unpaired) electrons. The summed E-state index contributed by atoms with van der Waals surface area (Å²) < 4.78 is 5.99. The van der Waals surface area contributed by atoms with Gasteiger partial charge in [0.25, 0.3) is 0 Å². The van der Waals surface area contributed by atoms with Crippen molar-refractivity contribution in [3.8, 4) is 0 Å². The lowest BCUT2D eigenvalue weighted by atomic mass is 10.1. The first-order chi connectivity index (χ1) is 9.22. The fourth-order valence-corrected chi connectivity index (χ4v) is 2.53. The molecule has 1 N–H and O–H groups in total. The first-order valence-electron chi connectivity index (χ1n) is 6.99. The van der Waals surface area contributed by atoms with E-state index in [2.05, 4.69) is 24.1 Å². The van der Waals surface area contributed by atoms with Crippen molar-refractivity contribution >= 4 is 23.0 Å². The van der Waals surface area contributed by atoms with Gasteiger partial charge in [-0.25, -0.2) is 0 Å². The van der Waals surface area contributed by atoms with Gasteiger partial charge in [0, 0.05) is 18.8 Å². The molecule has 1 fully saturated rings. The zero-order chi connectivity index (χ0) is 13.7. The van der Waals surface area contributed by atoms with Crippen LogP contribution in [-0.2, 0) is 4.74 Å². The fraction of sp³-hybridized carbons (Fsp3) is 0.533. The monoisotopic (exact) mass is 278 g/mol. The van der Waals surface area contributed by atoms with Crippen LogP contribution in [0.5, 0.6) is 0 Å². The van der Waals surface area contributed by atoms with Crippen LogP contribution < -0.4 is 5.32 Å². The predicted octanol–water partition coefficient (Wildman–Crippen LogP) is 3.27. The highest BCUT2D eigenvalue weighted by Crippen LogP contribution is 2.17. The van der Waals surface area contributed by atoms with Crippen LogP contribution in [0.1, 0.15) is 26.7 Å². The Morgan fingerprint density at radius 1 is 1.21 bits per heavy atom. The van der Waals surface area contributed by atoms with E-state index in [4.69, 9.17) is 17.0 Å².